The van der Waals surface area contributed by atoms with Crippen LogP contribution in [0, 0.1) is 20.2 Å². The number of non-ortho nitro benzene ring substituents is 1. The molecule has 0 heterocycles. The maximum atomic E-state index is 14.4. The summed E-state index contributed by atoms with van der Waals surface area (Å²) >= 11 is 0. The van der Waals surface area contributed by atoms with Crippen LogP contribution in [0.1, 0.15) is 167 Å². The molecule has 0 aromatic heterocycles. The molecule has 1 atom stereocenters. The van der Waals surface area contributed by atoms with E-state index < -0.39 is 60.3 Å². The first kappa shape index (κ1) is 50.4. The second-order valence-electron chi connectivity index (χ2n) is 20.9. The van der Waals surface area contributed by atoms with Crippen LogP contribution in [0.25, 0.3) is 0 Å². The van der Waals surface area contributed by atoms with Crippen LogP contribution in [0.2, 0.25) is 0 Å². The highest BCUT2D eigenvalue weighted by Crippen LogP contribution is 2.49. The van der Waals surface area contributed by atoms with Crippen LogP contribution in [0.5, 0.6) is 17.2 Å². The molecule has 1 unspecified atom stereocenters. The number of benzene rings is 4. The molecule has 2 N–H and O–H groups in total. The van der Waals surface area contributed by atoms with Crippen LogP contribution in [0.15, 0.2) is 71.7 Å². The maximum Gasteiger partial charge on any atom is 0.318 e. The predicted octanol–water partition coefficient (Wildman–Crippen LogP) is 12.7. The van der Waals surface area contributed by atoms with Crippen molar-refractivity contribution in [3.63, 3.8) is 0 Å². The minimum absolute atomic E-state index is 0.167. The van der Waals surface area contributed by atoms with Crippen molar-refractivity contribution in [3.05, 3.63) is 131 Å². The van der Waals surface area contributed by atoms with Crippen molar-refractivity contribution in [2.45, 2.75) is 162 Å². The summed E-state index contributed by atoms with van der Waals surface area (Å²) in [5.74, 6) is 0.780. The molecular formula is C52H71N3O8. The van der Waals surface area contributed by atoms with Gasteiger partial charge in [0.25, 0.3) is 5.69 Å². The number of unbranched alkanes of at least 4 members (excludes halogenated alkanes) is 2. The van der Waals surface area contributed by atoms with E-state index >= 15 is 0 Å². The van der Waals surface area contributed by atoms with Crippen LogP contribution in [0.3, 0.4) is 0 Å². The van der Waals surface area contributed by atoms with Crippen LogP contribution < -0.4 is 9.47 Å². The number of hydrogen-bond donors (Lipinski definition) is 2. The van der Waals surface area contributed by atoms with Crippen molar-refractivity contribution in [2.75, 3.05) is 13.2 Å². The van der Waals surface area contributed by atoms with E-state index in [0.717, 1.165) is 77.1 Å². The summed E-state index contributed by atoms with van der Waals surface area (Å²) in [5.41, 5.74) is 0.164. The number of hydrogen-bond acceptors (Lipinski definition) is 9. The number of aliphatic imine (C=N–C) groups is 1. The minimum atomic E-state index is -1.95. The van der Waals surface area contributed by atoms with E-state index in [2.05, 4.69) is 96.9 Å². The molecule has 0 saturated heterocycles. The molecule has 63 heavy (non-hydrogen) atoms. The van der Waals surface area contributed by atoms with Crippen molar-refractivity contribution < 1.29 is 29.5 Å². The smallest absolute Gasteiger partial charge is 0.318 e. The third-order valence-corrected chi connectivity index (χ3v) is 11.4. The summed E-state index contributed by atoms with van der Waals surface area (Å²) in [6.07, 6.45) is 5.03. The van der Waals surface area contributed by atoms with Gasteiger partial charge in [-0.05, 0) is 81.9 Å². The maximum absolute atomic E-state index is 14.4. The summed E-state index contributed by atoms with van der Waals surface area (Å²) in [7, 11) is 0. The molecule has 0 aliphatic rings. The van der Waals surface area contributed by atoms with Crippen LogP contribution >= 0.6 is 0 Å². The molecule has 0 amide bonds. The van der Waals surface area contributed by atoms with Crippen molar-refractivity contribution in [2.24, 2.45) is 4.99 Å². The average Bonchev–Trinajstić information content (AvgIpc) is 3.18. The van der Waals surface area contributed by atoms with Gasteiger partial charge in [0.05, 0.1) is 35.2 Å². The minimum Gasteiger partial charge on any atom is -0.502 e. The lowest BCUT2D eigenvalue weighted by Crippen LogP contribution is -2.42. The highest BCUT2D eigenvalue weighted by atomic mass is 16.6. The molecule has 11 nitrogen and oxygen atoms in total. The number of ether oxygens (including phenoxy) is 2. The van der Waals surface area contributed by atoms with Gasteiger partial charge in [0.2, 0.25) is 5.75 Å². The number of phenolic OH excluding ortho intramolecular Hbond substituents is 1. The van der Waals surface area contributed by atoms with Crippen molar-refractivity contribution >= 4 is 17.6 Å². The molecule has 0 aliphatic carbocycles. The van der Waals surface area contributed by atoms with E-state index in [9.17, 15) is 30.4 Å². The zero-order chi connectivity index (χ0) is 47.3. The Morgan fingerprint density at radius 1 is 0.651 bits per heavy atom. The second kappa shape index (κ2) is 19.6. The van der Waals surface area contributed by atoms with E-state index in [1.807, 2.05) is 54.6 Å². The molecule has 4 aromatic carbocycles. The van der Waals surface area contributed by atoms with E-state index in [1.54, 1.807) is 0 Å². The second-order valence-corrected chi connectivity index (χ2v) is 20.9. The number of nitrogens with zero attached hydrogens (tertiary/aromatic N) is 3. The summed E-state index contributed by atoms with van der Waals surface area (Å²) in [6.45, 7) is 30.8. The fraction of sp³-hybridized carbons (Fsp3) is 0.519. The zero-order valence-corrected chi connectivity index (χ0v) is 40.1. The third kappa shape index (κ3) is 11.8. The number of aromatic hydroxyl groups is 1. The van der Waals surface area contributed by atoms with E-state index in [-0.39, 0.29) is 12.0 Å². The van der Waals surface area contributed by atoms with E-state index in [4.69, 9.17) is 14.5 Å². The number of nitro benzene ring substituents is 2. The number of rotatable bonds is 17. The van der Waals surface area contributed by atoms with Gasteiger partial charge >= 0.3 is 5.69 Å². The Morgan fingerprint density at radius 2 is 1.06 bits per heavy atom. The Kier molecular flexibility index (Phi) is 15.7. The molecule has 342 valence electrons. The lowest BCUT2D eigenvalue weighted by atomic mass is 9.70. The van der Waals surface area contributed by atoms with Gasteiger partial charge in [-0.3, -0.25) is 25.2 Å². The number of nitro groups is 2. The van der Waals surface area contributed by atoms with Gasteiger partial charge in [0.15, 0.2) is 0 Å². The highest BCUT2D eigenvalue weighted by Gasteiger charge is 2.45. The SMILES string of the molecule is CCCCOc1c(C(C)(C)C)cc(C(O)(c2cc(C(C)(C)C)c(OCCCC)c(C(C)(C)C)c2)C(Cc2ccccc2)N=Cc2cc([N+](=O)[O-])cc([N+](=O)[O-])c2O)cc1C(C)(C)C. The van der Waals surface area contributed by atoms with E-state index in [0.29, 0.717) is 24.3 Å². The molecule has 0 spiro atoms. The Balaban J connectivity index is 2.31. The summed E-state index contributed by atoms with van der Waals surface area (Å²) < 4.78 is 13.4. The molecule has 0 bridgehead atoms. The first-order valence-corrected chi connectivity index (χ1v) is 22.3. The fourth-order valence-electron chi connectivity index (χ4n) is 7.71. The van der Waals surface area contributed by atoms with Gasteiger partial charge in [-0.1, -0.05) is 140 Å². The fourth-order valence-corrected chi connectivity index (χ4v) is 7.71. The summed E-state index contributed by atoms with van der Waals surface area (Å²) in [4.78, 5) is 27.5. The summed E-state index contributed by atoms with van der Waals surface area (Å²) in [6, 6.07) is 18.4. The molecule has 11 heteroatoms. The average molecular weight is 866 g/mol. The number of phenols is 1. The number of aliphatic hydroxyl groups is 1. The first-order chi connectivity index (χ1) is 29.2. The Bertz CT molecular complexity index is 2110. The molecule has 0 radical (unpaired) electrons. The van der Waals surface area contributed by atoms with Gasteiger partial charge in [-0.25, -0.2) is 0 Å². The molecule has 0 fully saturated rings. The van der Waals surface area contributed by atoms with E-state index in [1.165, 1.54) is 6.21 Å². The molecule has 0 saturated carbocycles. The van der Waals surface area contributed by atoms with Gasteiger partial charge in [0.1, 0.15) is 17.1 Å². The Labute approximate surface area is 375 Å². The quantitative estimate of drug-likeness (QED) is 0.0459. The molecule has 4 aromatic rings. The van der Waals surface area contributed by atoms with Crippen LogP contribution in [-0.2, 0) is 33.7 Å². The van der Waals surface area contributed by atoms with Gasteiger partial charge < -0.3 is 19.7 Å². The largest absolute Gasteiger partial charge is 0.502 e. The lowest BCUT2D eigenvalue weighted by Gasteiger charge is -2.40. The molecule has 0 aliphatic heterocycles. The van der Waals surface area contributed by atoms with Crippen molar-refractivity contribution in [1.82, 2.24) is 0 Å². The zero-order valence-electron chi connectivity index (χ0n) is 40.1. The first-order valence-electron chi connectivity index (χ1n) is 22.3. The molecule has 4 rings (SSSR count). The van der Waals surface area contributed by atoms with Crippen LogP contribution in [-0.4, -0.2) is 45.5 Å². The lowest BCUT2D eigenvalue weighted by molar-refractivity contribution is -0.394. The predicted molar refractivity (Wildman–Crippen MR) is 254 cm³/mol. The Hall–Kier alpha value is -5.29. The van der Waals surface area contributed by atoms with Gasteiger partial charge in [-0.2, -0.15) is 0 Å². The molecular weight excluding hydrogens is 795 g/mol. The summed E-state index contributed by atoms with van der Waals surface area (Å²) in [5, 5.41) is 49.7. The normalized spacial score (nSPS) is 13.3. The van der Waals surface area contributed by atoms with Gasteiger partial charge in [-0.15, -0.1) is 0 Å². The van der Waals surface area contributed by atoms with Crippen LogP contribution in [0.4, 0.5) is 11.4 Å². The Morgan fingerprint density at radius 3 is 1.41 bits per heavy atom. The standard InChI is InChI=1S/C52H71N3O8/c1-15-17-24-62-46-39(48(3,4)5)28-36(29-40(46)49(6,7)8)52(57,37-30-41(50(9,10)11)47(63-25-18-16-2)42(31-37)51(12,13)14)44(26-34-22-20-19-21-23-34)53-33-35-27-38(54(58)59)32-43(45(35)56)55(60)61/h19-23,27-33,44,56-57H,15-18,24-26H2,1-14H3. The highest BCUT2D eigenvalue weighted by molar-refractivity contribution is 5.87. The third-order valence-electron chi connectivity index (χ3n) is 11.4. The van der Waals surface area contributed by atoms with Gasteiger partial charge in [0, 0.05) is 40.1 Å². The van der Waals surface area contributed by atoms with Crippen molar-refractivity contribution in [1.29, 1.82) is 0 Å². The topological polar surface area (TPSA) is 158 Å². The van der Waals surface area contributed by atoms with Crippen molar-refractivity contribution in [3.8, 4) is 17.2 Å². The monoisotopic (exact) mass is 866 g/mol.